The molecule has 2 rings (SSSR count). The summed E-state index contributed by atoms with van der Waals surface area (Å²) in [5.41, 5.74) is 7.45. The van der Waals surface area contributed by atoms with E-state index in [-0.39, 0.29) is 5.82 Å². The third-order valence-electron chi connectivity index (χ3n) is 2.91. The molecule has 1 unspecified atom stereocenters. The normalized spacial score (nSPS) is 11.9. The lowest BCUT2D eigenvalue weighted by atomic mass is 9.97. The van der Waals surface area contributed by atoms with Crippen LogP contribution in [0, 0.1) is 12.7 Å². The Labute approximate surface area is 111 Å². The zero-order chi connectivity index (χ0) is 13.8. The molecule has 0 saturated carbocycles. The number of rotatable bonds is 3. The fourth-order valence-electron chi connectivity index (χ4n) is 1.95. The number of amides is 2. The van der Waals surface area contributed by atoms with Crippen LogP contribution in [0.2, 0.25) is 0 Å². The molecule has 2 aromatic rings. The summed E-state index contributed by atoms with van der Waals surface area (Å²) in [5.74, 6) is -0.373. The quantitative estimate of drug-likeness (QED) is 0.873. The fraction of sp³-hybridized carbons (Fsp3) is 0.133. The molecule has 0 aliphatic heterocycles. The van der Waals surface area contributed by atoms with Gasteiger partial charge in [0.15, 0.2) is 0 Å². The van der Waals surface area contributed by atoms with Gasteiger partial charge in [0, 0.05) is 5.56 Å². The number of urea groups is 1. The summed E-state index contributed by atoms with van der Waals surface area (Å²) < 4.78 is 13.9. The van der Waals surface area contributed by atoms with Crippen LogP contribution >= 0.6 is 0 Å². The Bertz CT molecular complexity index is 581. The first-order valence-electron chi connectivity index (χ1n) is 5.95. The Morgan fingerprint density at radius 2 is 1.79 bits per heavy atom. The number of nitrogens with two attached hydrogens (primary N) is 1. The molecule has 2 aromatic carbocycles. The molecule has 0 aliphatic rings. The zero-order valence-corrected chi connectivity index (χ0v) is 10.6. The van der Waals surface area contributed by atoms with E-state index in [1.54, 1.807) is 18.2 Å². The van der Waals surface area contributed by atoms with Crippen molar-refractivity contribution in [3.05, 3.63) is 71.0 Å². The highest BCUT2D eigenvalue weighted by Crippen LogP contribution is 2.24. The average Bonchev–Trinajstić information content (AvgIpc) is 2.38. The summed E-state index contributed by atoms with van der Waals surface area (Å²) in [7, 11) is 0. The Balaban J connectivity index is 2.44. The molecule has 3 nitrogen and oxygen atoms in total. The maximum atomic E-state index is 13.9. The van der Waals surface area contributed by atoms with Gasteiger partial charge in [-0.25, -0.2) is 9.18 Å². The van der Waals surface area contributed by atoms with E-state index < -0.39 is 12.1 Å². The number of carbonyl (C=O) groups excluding carboxylic acids is 1. The van der Waals surface area contributed by atoms with Gasteiger partial charge in [0.05, 0.1) is 6.04 Å². The molecule has 19 heavy (non-hydrogen) atoms. The lowest BCUT2D eigenvalue weighted by Crippen LogP contribution is -2.34. The van der Waals surface area contributed by atoms with Gasteiger partial charge < -0.3 is 11.1 Å². The van der Waals surface area contributed by atoms with Gasteiger partial charge in [0.1, 0.15) is 5.82 Å². The maximum Gasteiger partial charge on any atom is 0.312 e. The van der Waals surface area contributed by atoms with Gasteiger partial charge in [0.2, 0.25) is 0 Å². The predicted octanol–water partition coefficient (Wildman–Crippen LogP) is 2.89. The van der Waals surface area contributed by atoms with Crippen molar-refractivity contribution in [2.24, 2.45) is 5.73 Å². The Hall–Kier alpha value is -2.36. The van der Waals surface area contributed by atoms with E-state index in [2.05, 4.69) is 5.32 Å². The maximum absolute atomic E-state index is 13.9. The highest BCUT2D eigenvalue weighted by molar-refractivity contribution is 5.73. The monoisotopic (exact) mass is 258 g/mol. The standard InChI is InChI=1S/C15H15FN2O/c1-10-6-8-11(9-7-10)14(18-15(17)19)12-4-2-3-5-13(12)16/h2-9,14H,1H3,(H3,17,18,19). The molecule has 0 radical (unpaired) electrons. The van der Waals surface area contributed by atoms with Crippen LogP contribution in [0.25, 0.3) is 0 Å². The van der Waals surface area contributed by atoms with Gasteiger partial charge in [0.25, 0.3) is 0 Å². The molecule has 2 amide bonds. The second kappa shape index (κ2) is 5.52. The summed E-state index contributed by atoms with van der Waals surface area (Å²) >= 11 is 0. The number of carbonyl (C=O) groups is 1. The molecule has 0 spiro atoms. The topological polar surface area (TPSA) is 55.1 Å². The molecule has 4 heteroatoms. The van der Waals surface area contributed by atoms with Crippen LogP contribution in [0.5, 0.6) is 0 Å². The molecule has 0 heterocycles. The van der Waals surface area contributed by atoms with Gasteiger partial charge in [-0.15, -0.1) is 0 Å². The summed E-state index contributed by atoms with van der Waals surface area (Å²) in [6.07, 6.45) is 0. The van der Waals surface area contributed by atoms with Crippen LogP contribution in [0.1, 0.15) is 22.7 Å². The van der Waals surface area contributed by atoms with E-state index in [0.717, 1.165) is 11.1 Å². The van der Waals surface area contributed by atoms with Crippen molar-refractivity contribution < 1.29 is 9.18 Å². The number of halogens is 1. The van der Waals surface area contributed by atoms with E-state index in [0.29, 0.717) is 5.56 Å². The molecule has 0 bridgehead atoms. The van der Waals surface area contributed by atoms with E-state index in [9.17, 15) is 9.18 Å². The summed E-state index contributed by atoms with van der Waals surface area (Å²) in [4.78, 5) is 11.1. The molecule has 0 fully saturated rings. The minimum Gasteiger partial charge on any atom is -0.352 e. The van der Waals surface area contributed by atoms with Crippen LogP contribution in [0.3, 0.4) is 0 Å². The molecule has 98 valence electrons. The molecule has 1 atom stereocenters. The van der Waals surface area contributed by atoms with E-state index in [1.165, 1.54) is 6.07 Å². The fourth-order valence-corrected chi connectivity index (χ4v) is 1.95. The number of aryl methyl sites for hydroxylation is 1. The van der Waals surface area contributed by atoms with Crippen LogP contribution < -0.4 is 11.1 Å². The van der Waals surface area contributed by atoms with E-state index in [1.807, 2.05) is 31.2 Å². The smallest absolute Gasteiger partial charge is 0.312 e. The number of hydrogen-bond donors (Lipinski definition) is 2. The van der Waals surface area contributed by atoms with Crippen molar-refractivity contribution >= 4 is 6.03 Å². The number of benzene rings is 2. The van der Waals surface area contributed by atoms with Crippen LogP contribution in [-0.2, 0) is 0 Å². The first-order valence-corrected chi connectivity index (χ1v) is 5.95. The van der Waals surface area contributed by atoms with Crippen molar-refractivity contribution in [2.75, 3.05) is 0 Å². The second-order valence-electron chi connectivity index (χ2n) is 4.37. The lowest BCUT2D eigenvalue weighted by molar-refractivity contribution is 0.246. The third kappa shape index (κ3) is 3.10. The van der Waals surface area contributed by atoms with E-state index in [4.69, 9.17) is 5.73 Å². The Kier molecular flexibility index (Phi) is 3.80. The van der Waals surface area contributed by atoms with Crippen molar-refractivity contribution in [3.63, 3.8) is 0 Å². The Morgan fingerprint density at radius 1 is 1.16 bits per heavy atom. The van der Waals surface area contributed by atoms with Crippen LogP contribution in [0.4, 0.5) is 9.18 Å². The molecule has 3 N–H and O–H groups in total. The van der Waals surface area contributed by atoms with Crippen molar-refractivity contribution in [1.82, 2.24) is 5.32 Å². The number of nitrogens with one attached hydrogen (secondary N) is 1. The van der Waals surface area contributed by atoms with Gasteiger partial charge in [-0.2, -0.15) is 0 Å². The zero-order valence-electron chi connectivity index (χ0n) is 10.6. The largest absolute Gasteiger partial charge is 0.352 e. The summed E-state index contributed by atoms with van der Waals surface area (Å²) in [6, 6.07) is 12.6. The highest BCUT2D eigenvalue weighted by Gasteiger charge is 2.18. The second-order valence-corrected chi connectivity index (χ2v) is 4.37. The van der Waals surface area contributed by atoms with Crippen LogP contribution in [0.15, 0.2) is 48.5 Å². The molecule has 0 aliphatic carbocycles. The van der Waals surface area contributed by atoms with E-state index >= 15 is 0 Å². The molecule has 0 aromatic heterocycles. The van der Waals surface area contributed by atoms with Crippen molar-refractivity contribution in [3.8, 4) is 0 Å². The van der Waals surface area contributed by atoms with Gasteiger partial charge in [-0.05, 0) is 18.6 Å². The SMILES string of the molecule is Cc1ccc(C(NC(N)=O)c2ccccc2F)cc1. The van der Waals surface area contributed by atoms with Crippen LogP contribution in [-0.4, -0.2) is 6.03 Å². The van der Waals surface area contributed by atoms with Crippen molar-refractivity contribution in [2.45, 2.75) is 13.0 Å². The molecular formula is C15H15FN2O. The number of primary amides is 1. The summed E-state index contributed by atoms with van der Waals surface area (Å²) in [6.45, 7) is 1.96. The van der Waals surface area contributed by atoms with Gasteiger partial charge >= 0.3 is 6.03 Å². The minimum absolute atomic E-state index is 0.373. The highest BCUT2D eigenvalue weighted by atomic mass is 19.1. The minimum atomic E-state index is -0.686. The third-order valence-corrected chi connectivity index (χ3v) is 2.91. The molecular weight excluding hydrogens is 243 g/mol. The first-order chi connectivity index (χ1) is 9.08. The van der Waals surface area contributed by atoms with Gasteiger partial charge in [-0.3, -0.25) is 0 Å². The van der Waals surface area contributed by atoms with Crippen molar-refractivity contribution in [1.29, 1.82) is 0 Å². The predicted molar refractivity (Wildman–Crippen MR) is 72.1 cm³/mol. The molecule has 0 saturated heterocycles. The first kappa shape index (κ1) is 13.1. The Morgan fingerprint density at radius 3 is 2.37 bits per heavy atom. The summed E-state index contributed by atoms with van der Waals surface area (Å²) in [5, 5.41) is 2.57. The average molecular weight is 258 g/mol. The lowest BCUT2D eigenvalue weighted by Gasteiger charge is -2.19. The van der Waals surface area contributed by atoms with Gasteiger partial charge in [-0.1, -0.05) is 48.0 Å². The number of hydrogen-bond acceptors (Lipinski definition) is 1.